The summed E-state index contributed by atoms with van der Waals surface area (Å²) in [4.78, 5) is 0. The summed E-state index contributed by atoms with van der Waals surface area (Å²) in [5.74, 6) is -8.84. The zero-order chi connectivity index (χ0) is 18.8. The fourth-order valence-corrected chi connectivity index (χ4v) is 4.82. The third-order valence-corrected chi connectivity index (χ3v) is 6.16. The maximum absolute atomic E-state index is 13.7. The maximum Gasteiger partial charge on any atom is 0.206 e. The molecular formula is C20H25F5O. The predicted octanol–water partition coefficient (Wildman–Crippen LogP) is 6.39. The van der Waals surface area contributed by atoms with Crippen LogP contribution in [0.4, 0.5) is 22.0 Å². The van der Waals surface area contributed by atoms with E-state index in [1.807, 2.05) is 0 Å². The molecule has 3 rings (SSSR count). The van der Waals surface area contributed by atoms with E-state index >= 15 is 0 Å². The summed E-state index contributed by atoms with van der Waals surface area (Å²) in [6.45, 7) is 2.19. The Balaban J connectivity index is 1.59. The van der Waals surface area contributed by atoms with E-state index in [4.69, 9.17) is 4.74 Å². The van der Waals surface area contributed by atoms with E-state index in [1.165, 1.54) is 25.7 Å². The van der Waals surface area contributed by atoms with Gasteiger partial charge in [0.15, 0.2) is 5.75 Å². The van der Waals surface area contributed by atoms with Gasteiger partial charge in [-0.2, -0.15) is 8.78 Å². The molecule has 0 saturated heterocycles. The average Bonchev–Trinajstić information content (AvgIpc) is 2.65. The molecule has 0 bridgehead atoms. The van der Waals surface area contributed by atoms with Crippen LogP contribution in [-0.2, 0) is 0 Å². The Morgan fingerprint density at radius 2 is 1.23 bits per heavy atom. The monoisotopic (exact) mass is 376 g/mol. The maximum atomic E-state index is 13.7. The molecule has 0 heterocycles. The standard InChI is InChI=1S/C20H25F5O/c1-2-3-11-4-6-14-9-12(5-7-13(14)8-11)10-26-20-18(24)16(22)15(21)17(23)19(20)25/h11-14H,2-10H2,1H3. The Morgan fingerprint density at radius 3 is 1.81 bits per heavy atom. The molecule has 4 unspecified atom stereocenters. The van der Waals surface area contributed by atoms with Crippen molar-refractivity contribution >= 4 is 0 Å². The fourth-order valence-electron chi connectivity index (χ4n) is 4.82. The number of ether oxygens (including phenoxy) is 1. The lowest BCUT2D eigenvalue weighted by molar-refractivity contribution is 0.0726. The van der Waals surface area contributed by atoms with Crippen LogP contribution in [0, 0.1) is 52.8 Å². The molecule has 26 heavy (non-hydrogen) atoms. The summed E-state index contributed by atoms with van der Waals surface area (Å²) in [5, 5.41) is 0. The number of rotatable bonds is 5. The van der Waals surface area contributed by atoms with Gasteiger partial charge >= 0.3 is 0 Å². The first kappa shape index (κ1) is 19.4. The molecular weight excluding hydrogens is 351 g/mol. The molecule has 0 aromatic heterocycles. The molecule has 1 aromatic rings. The SMILES string of the molecule is CCCC1CCC2CC(COc3c(F)c(F)c(F)c(F)c3F)CCC2C1. The highest BCUT2D eigenvalue weighted by atomic mass is 19.2. The minimum absolute atomic E-state index is 0.0139. The molecule has 2 saturated carbocycles. The van der Waals surface area contributed by atoms with Crippen LogP contribution in [0.2, 0.25) is 0 Å². The number of hydrogen-bond donors (Lipinski definition) is 0. The van der Waals surface area contributed by atoms with E-state index in [1.54, 1.807) is 0 Å². The Hall–Kier alpha value is -1.33. The molecule has 0 radical (unpaired) electrons. The molecule has 6 heteroatoms. The third-order valence-electron chi connectivity index (χ3n) is 6.16. The zero-order valence-electron chi connectivity index (χ0n) is 15.0. The Bertz CT molecular complexity index is 619. The molecule has 0 aliphatic heterocycles. The first-order valence-electron chi connectivity index (χ1n) is 9.56. The second kappa shape index (κ2) is 8.13. The van der Waals surface area contributed by atoms with Gasteiger partial charge in [0.2, 0.25) is 29.1 Å². The summed E-state index contributed by atoms with van der Waals surface area (Å²) in [6.07, 6.45) is 8.94. The van der Waals surface area contributed by atoms with Crippen molar-refractivity contribution in [1.82, 2.24) is 0 Å². The molecule has 2 fully saturated rings. The molecule has 0 spiro atoms. The van der Waals surface area contributed by atoms with E-state index < -0.39 is 34.8 Å². The lowest BCUT2D eigenvalue weighted by atomic mass is 9.64. The lowest BCUT2D eigenvalue weighted by Gasteiger charge is -2.42. The lowest BCUT2D eigenvalue weighted by Crippen LogP contribution is -2.33. The fraction of sp³-hybridized carbons (Fsp3) is 0.700. The van der Waals surface area contributed by atoms with Crippen LogP contribution in [0.5, 0.6) is 5.75 Å². The van der Waals surface area contributed by atoms with Crippen LogP contribution >= 0.6 is 0 Å². The Morgan fingerprint density at radius 1 is 0.731 bits per heavy atom. The van der Waals surface area contributed by atoms with Gasteiger partial charge in [0.25, 0.3) is 0 Å². The predicted molar refractivity (Wildman–Crippen MR) is 88.3 cm³/mol. The van der Waals surface area contributed by atoms with Crippen LogP contribution in [0.1, 0.15) is 58.3 Å². The van der Waals surface area contributed by atoms with Crippen molar-refractivity contribution in [2.24, 2.45) is 23.7 Å². The summed E-state index contributed by atoms with van der Waals surface area (Å²) < 4.78 is 72.0. The number of halogens is 5. The van der Waals surface area contributed by atoms with Gasteiger partial charge in [0.1, 0.15) is 0 Å². The second-order valence-electron chi connectivity index (χ2n) is 7.88. The Kier molecular flexibility index (Phi) is 6.08. The molecule has 0 N–H and O–H groups in total. The van der Waals surface area contributed by atoms with Gasteiger partial charge in [-0.15, -0.1) is 0 Å². The van der Waals surface area contributed by atoms with Gasteiger partial charge in [-0.25, -0.2) is 13.2 Å². The molecule has 4 atom stereocenters. The van der Waals surface area contributed by atoms with Crippen LogP contribution in [0.25, 0.3) is 0 Å². The van der Waals surface area contributed by atoms with Crippen molar-refractivity contribution in [2.75, 3.05) is 6.61 Å². The van der Waals surface area contributed by atoms with Gasteiger partial charge in [-0.05, 0) is 55.8 Å². The minimum Gasteiger partial charge on any atom is -0.487 e. The largest absolute Gasteiger partial charge is 0.487 e. The van der Waals surface area contributed by atoms with E-state index in [2.05, 4.69) is 6.92 Å². The highest BCUT2D eigenvalue weighted by Crippen LogP contribution is 2.45. The summed E-state index contributed by atoms with van der Waals surface area (Å²) in [7, 11) is 0. The van der Waals surface area contributed by atoms with Crippen LogP contribution < -0.4 is 4.74 Å². The van der Waals surface area contributed by atoms with E-state index in [0.29, 0.717) is 11.8 Å². The summed E-state index contributed by atoms with van der Waals surface area (Å²) in [6, 6.07) is 0. The molecule has 1 aromatic carbocycles. The average molecular weight is 376 g/mol. The van der Waals surface area contributed by atoms with E-state index in [9.17, 15) is 22.0 Å². The van der Waals surface area contributed by atoms with E-state index in [0.717, 1.165) is 31.6 Å². The van der Waals surface area contributed by atoms with Gasteiger partial charge < -0.3 is 4.74 Å². The van der Waals surface area contributed by atoms with Gasteiger partial charge in [0, 0.05) is 0 Å². The number of fused-ring (bicyclic) bond motifs is 1. The topological polar surface area (TPSA) is 9.23 Å². The first-order chi connectivity index (χ1) is 12.4. The highest BCUT2D eigenvalue weighted by Gasteiger charge is 2.36. The van der Waals surface area contributed by atoms with Crippen molar-refractivity contribution in [3.05, 3.63) is 29.1 Å². The number of hydrogen-bond acceptors (Lipinski definition) is 1. The quantitative estimate of drug-likeness (QED) is 0.328. The second-order valence-corrected chi connectivity index (χ2v) is 7.88. The highest BCUT2D eigenvalue weighted by molar-refractivity contribution is 5.29. The van der Waals surface area contributed by atoms with Gasteiger partial charge in [-0.1, -0.05) is 26.2 Å². The van der Waals surface area contributed by atoms with Crippen LogP contribution in [0.15, 0.2) is 0 Å². The third kappa shape index (κ3) is 3.84. The van der Waals surface area contributed by atoms with E-state index in [-0.39, 0.29) is 12.5 Å². The molecule has 2 aliphatic rings. The minimum atomic E-state index is -2.16. The van der Waals surface area contributed by atoms with Gasteiger partial charge in [-0.3, -0.25) is 0 Å². The molecule has 146 valence electrons. The molecule has 2 aliphatic carbocycles. The Labute approximate surface area is 150 Å². The van der Waals surface area contributed by atoms with Crippen LogP contribution in [0.3, 0.4) is 0 Å². The first-order valence-corrected chi connectivity index (χ1v) is 9.56. The van der Waals surface area contributed by atoms with Crippen molar-refractivity contribution in [3.8, 4) is 5.75 Å². The smallest absolute Gasteiger partial charge is 0.206 e. The zero-order valence-corrected chi connectivity index (χ0v) is 15.0. The molecule has 0 amide bonds. The van der Waals surface area contributed by atoms with Crippen LogP contribution in [-0.4, -0.2) is 6.61 Å². The normalized spacial score (nSPS) is 28.7. The van der Waals surface area contributed by atoms with Crippen molar-refractivity contribution < 1.29 is 26.7 Å². The number of benzene rings is 1. The summed E-state index contributed by atoms with van der Waals surface area (Å²) >= 11 is 0. The summed E-state index contributed by atoms with van der Waals surface area (Å²) in [5.41, 5.74) is 0. The van der Waals surface area contributed by atoms with Crippen molar-refractivity contribution in [3.63, 3.8) is 0 Å². The van der Waals surface area contributed by atoms with Crippen molar-refractivity contribution in [2.45, 2.75) is 58.3 Å². The van der Waals surface area contributed by atoms with Crippen molar-refractivity contribution in [1.29, 1.82) is 0 Å². The molecule has 1 nitrogen and oxygen atoms in total. The van der Waals surface area contributed by atoms with Gasteiger partial charge in [0.05, 0.1) is 6.61 Å².